The van der Waals surface area contributed by atoms with E-state index in [1.165, 1.54) is 12.1 Å². The van der Waals surface area contributed by atoms with Crippen LogP contribution in [-0.4, -0.2) is 41.3 Å². The lowest BCUT2D eigenvalue weighted by Gasteiger charge is -2.31. The molecule has 156 valence electrons. The van der Waals surface area contributed by atoms with Crippen molar-refractivity contribution >= 4 is 22.7 Å². The molecule has 4 rings (SSSR count). The van der Waals surface area contributed by atoms with E-state index in [2.05, 4.69) is 10.3 Å². The Balaban J connectivity index is 1.28. The summed E-state index contributed by atoms with van der Waals surface area (Å²) < 4.78 is 13.6. The summed E-state index contributed by atoms with van der Waals surface area (Å²) in [5, 5.41) is 3.89. The molecule has 1 aromatic heterocycles. The summed E-state index contributed by atoms with van der Waals surface area (Å²) in [6.45, 7) is 3.65. The molecule has 2 amide bonds. The summed E-state index contributed by atoms with van der Waals surface area (Å²) in [6.07, 6.45) is 1.98. The van der Waals surface area contributed by atoms with Crippen LogP contribution in [0.5, 0.6) is 0 Å². The molecule has 2 aromatic carbocycles. The predicted molar refractivity (Wildman–Crippen MR) is 115 cm³/mol. The predicted octanol–water partition coefficient (Wildman–Crippen LogP) is 3.83. The van der Waals surface area contributed by atoms with Crippen molar-refractivity contribution in [2.75, 3.05) is 19.6 Å². The third kappa shape index (κ3) is 4.22. The number of aromatic nitrogens is 1. The lowest BCUT2D eigenvalue weighted by molar-refractivity contribution is -0.126. The number of nitrogens with one attached hydrogen (secondary N) is 2. The van der Waals surface area contributed by atoms with Crippen LogP contribution in [0.2, 0.25) is 0 Å². The maximum atomic E-state index is 13.6. The molecule has 0 spiro atoms. The molecule has 1 aliphatic rings. The van der Waals surface area contributed by atoms with Gasteiger partial charge in [-0.05, 0) is 62.1 Å². The summed E-state index contributed by atoms with van der Waals surface area (Å²) in [5.41, 5.74) is 3.63. The van der Waals surface area contributed by atoms with Gasteiger partial charge in [0.15, 0.2) is 0 Å². The van der Waals surface area contributed by atoms with Gasteiger partial charge >= 0.3 is 0 Å². The molecule has 2 heterocycles. The number of aromatic amines is 1. The number of benzene rings is 2. The van der Waals surface area contributed by atoms with Crippen molar-refractivity contribution in [2.24, 2.45) is 5.92 Å². The first-order chi connectivity index (χ1) is 14.5. The molecular weight excluding hydrogens is 381 g/mol. The van der Waals surface area contributed by atoms with E-state index in [9.17, 15) is 14.0 Å². The number of aryl methyl sites for hydroxylation is 1. The summed E-state index contributed by atoms with van der Waals surface area (Å²) >= 11 is 0. The van der Waals surface area contributed by atoms with Gasteiger partial charge in [-0.1, -0.05) is 18.2 Å². The Bertz CT molecular complexity index is 1050. The van der Waals surface area contributed by atoms with E-state index in [4.69, 9.17) is 0 Å². The molecule has 0 saturated carbocycles. The van der Waals surface area contributed by atoms with Crippen LogP contribution in [0.1, 0.15) is 34.5 Å². The van der Waals surface area contributed by atoms with Crippen molar-refractivity contribution in [3.63, 3.8) is 0 Å². The molecule has 30 heavy (non-hydrogen) atoms. The second-order valence-corrected chi connectivity index (χ2v) is 7.89. The lowest BCUT2D eigenvalue weighted by atomic mass is 9.95. The zero-order valence-electron chi connectivity index (χ0n) is 17.1. The van der Waals surface area contributed by atoms with E-state index >= 15 is 0 Å². The Labute approximate surface area is 175 Å². The topological polar surface area (TPSA) is 65.2 Å². The fourth-order valence-corrected chi connectivity index (χ4v) is 4.24. The van der Waals surface area contributed by atoms with Gasteiger partial charge < -0.3 is 15.2 Å². The largest absolute Gasteiger partial charge is 0.358 e. The third-order valence-electron chi connectivity index (χ3n) is 5.93. The van der Waals surface area contributed by atoms with Crippen molar-refractivity contribution in [1.29, 1.82) is 0 Å². The quantitative estimate of drug-likeness (QED) is 0.675. The Morgan fingerprint density at radius 3 is 2.60 bits per heavy atom. The minimum absolute atomic E-state index is 0.0245. The highest BCUT2D eigenvalue weighted by Crippen LogP contribution is 2.24. The molecule has 2 N–H and O–H groups in total. The molecule has 0 unspecified atom stereocenters. The first kappa shape index (κ1) is 20.1. The van der Waals surface area contributed by atoms with E-state index in [1.807, 2.05) is 42.2 Å². The van der Waals surface area contributed by atoms with Crippen LogP contribution in [-0.2, 0) is 11.2 Å². The highest BCUT2D eigenvalue weighted by atomic mass is 19.1. The average molecular weight is 407 g/mol. The van der Waals surface area contributed by atoms with Gasteiger partial charge in [-0.2, -0.15) is 0 Å². The number of carbonyl (C=O) groups is 2. The van der Waals surface area contributed by atoms with Crippen LogP contribution >= 0.6 is 0 Å². The Kier molecular flexibility index (Phi) is 5.84. The summed E-state index contributed by atoms with van der Waals surface area (Å²) in [7, 11) is 0. The molecule has 5 nitrogen and oxygen atoms in total. The van der Waals surface area contributed by atoms with Gasteiger partial charge in [-0.25, -0.2) is 4.39 Å². The van der Waals surface area contributed by atoms with Crippen molar-refractivity contribution in [2.45, 2.75) is 26.2 Å². The standard InChI is InChI=1S/C24H26FN3O2/c1-16-20(21-15-19(25)7-8-22(21)27-16)9-12-26-23(29)17-10-13-28(14-11-17)24(30)18-5-3-2-4-6-18/h2-8,15,17,27H,9-14H2,1H3,(H,26,29). The maximum absolute atomic E-state index is 13.6. The molecular formula is C24H26FN3O2. The number of amides is 2. The van der Waals surface area contributed by atoms with Crippen molar-refractivity contribution < 1.29 is 14.0 Å². The second kappa shape index (κ2) is 8.69. The zero-order chi connectivity index (χ0) is 21.1. The second-order valence-electron chi connectivity index (χ2n) is 7.89. The molecule has 1 saturated heterocycles. The van der Waals surface area contributed by atoms with E-state index in [0.29, 0.717) is 44.5 Å². The lowest BCUT2D eigenvalue weighted by Crippen LogP contribution is -2.43. The summed E-state index contributed by atoms with van der Waals surface area (Å²) in [6, 6.07) is 14.0. The first-order valence-electron chi connectivity index (χ1n) is 10.4. The molecule has 0 bridgehead atoms. The SMILES string of the molecule is Cc1[nH]c2ccc(F)cc2c1CCNC(=O)C1CCN(C(=O)c2ccccc2)CC1. The number of piperidine rings is 1. The van der Waals surface area contributed by atoms with Crippen molar-refractivity contribution in [1.82, 2.24) is 15.2 Å². The van der Waals surface area contributed by atoms with Crippen LogP contribution in [0.4, 0.5) is 4.39 Å². The molecule has 0 atom stereocenters. The monoisotopic (exact) mass is 407 g/mol. The van der Waals surface area contributed by atoms with Gasteiger partial charge in [0.2, 0.25) is 5.91 Å². The zero-order valence-corrected chi connectivity index (χ0v) is 17.1. The van der Waals surface area contributed by atoms with Gasteiger partial charge in [0, 0.05) is 47.7 Å². The normalized spacial score (nSPS) is 14.8. The fraction of sp³-hybridized carbons (Fsp3) is 0.333. The van der Waals surface area contributed by atoms with Crippen LogP contribution in [0.15, 0.2) is 48.5 Å². The molecule has 3 aromatic rings. The minimum Gasteiger partial charge on any atom is -0.358 e. The van der Waals surface area contributed by atoms with E-state index in [0.717, 1.165) is 22.2 Å². The van der Waals surface area contributed by atoms with Crippen LogP contribution in [0.3, 0.4) is 0 Å². The fourth-order valence-electron chi connectivity index (χ4n) is 4.24. The Hall–Kier alpha value is -3.15. The smallest absolute Gasteiger partial charge is 0.253 e. The maximum Gasteiger partial charge on any atom is 0.253 e. The van der Waals surface area contributed by atoms with Crippen molar-refractivity contribution in [3.8, 4) is 0 Å². The van der Waals surface area contributed by atoms with Gasteiger partial charge in [-0.15, -0.1) is 0 Å². The van der Waals surface area contributed by atoms with E-state index in [1.54, 1.807) is 6.07 Å². The average Bonchev–Trinajstić information content (AvgIpc) is 3.08. The minimum atomic E-state index is -0.261. The number of H-pyrrole nitrogens is 1. The van der Waals surface area contributed by atoms with Gasteiger partial charge in [0.05, 0.1) is 0 Å². The number of nitrogens with zero attached hydrogens (tertiary/aromatic N) is 1. The number of fused-ring (bicyclic) bond motifs is 1. The van der Waals surface area contributed by atoms with Gasteiger partial charge in [0.1, 0.15) is 5.82 Å². The first-order valence-corrected chi connectivity index (χ1v) is 10.4. The van der Waals surface area contributed by atoms with E-state index in [-0.39, 0.29) is 23.5 Å². The number of likely N-dealkylation sites (tertiary alicyclic amines) is 1. The number of hydrogen-bond acceptors (Lipinski definition) is 2. The molecule has 1 aliphatic heterocycles. The highest BCUT2D eigenvalue weighted by Gasteiger charge is 2.27. The van der Waals surface area contributed by atoms with Crippen LogP contribution < -0.4 is 5.32 Å². The Morgan fingerprint density at radius 2 is 1.87 bits per heavy atom. The number of halogens is 1. The number of rotatable bonds is 5. The van der Waals surface area contributed by atoms with Crippen molar-refractivity contribution in [3.05, 3.63) is 71.2 Å². The summed E-state index contributed by atoms with van der Waals surface area (Å²) in [4.78, 5) is 30.2. The number of hydrogen-bond donors (Lipinski definition) is 2. The Morgan fingerprint density at radius 1 is 1.13 bits per heavy atom. The molecule has 1 fully saturated rings. The molecule has 0 radical (unpaired) electrons. The van der Waals surface area contributed by atoms with Crippen LogP contribution in [0.25, 0.3) is 10.9 Å². The van der Waals surface area contributed by atoms with Crippen LogP contribution in [0, 0.1) is 18.7 Å². The third-order valence-corrected chi connectivity index (χ3v) is 5.93. The van der Waals surface area contributed by atoms with Gasteiger partial charge in [-0.3, -0.25) is 9.59 Å². The number of carbonyl (C=O) groups excluding carboxylic acids is 2. The summed E-state index contributed by atoms with van der Waals surface area (Å²) in [5.74, 6) is -0.281. The van der Waals surface area contributed by atoms with E-state index < -0.39 is 0 Å². The molecule has 0 aliphatic carbocycles. The van der Waals surface area contributed by atoms with Gasteiger partial charge in [0.25, 0.3) is 5.91 Å². The highest BCUT2D eigenvalue weighted by molar-refractivity contribution is 5.94. The molecule has 6 heteroatoms.